The summed E-state index contributed by atoms with van der Waals surface area (Å²) < 4.78 is 0. The Hall–Kier alpha value is -1.06. The van der Waals surface area contributed by atoms with Gasteiger partial charge in [-0.1, -0.05) is 32.0 Å². The molecule has 0 spiro atoms. The molecule has 1 aliphatic rings. The monoisotopic (exact) mass is 261 g/mol. The van der Waals surface area contributed by atoms with E-state index in [1.807, 2.05) is 0 Å². The van der Waals surface area contributed by atoms with Crippen LogP contribution in [0.3, 0.4) is 0 Å². The molecule has 2 N–H and O–H groups in total. The highest BCUT2D eigenvalue weighted by Gasteiger charge is 2.23. The first kappa shape index (κ1) is 14.4. The Bertz CT molecular complexity index is 356. The average Bonchev–Trinajstić information content (AvgIpc) is 2.46. The van der Waals surface area contributed by atoms with Crippen LogP contribution >= 0.6 is 0 Å². The quantitative estimate of drug-likeness (QED) is 0.882. The van der Waals surface area contributed by atoms with Crippen molar-refractivity contribution >= 4 is 5.69 Å². The number of hydrogen-bond acceptors (Lipinski definition) is 3. The van der Waals surface area contributed by atoms with Crippen molar-refractivity contribution < 1.29 is 0 Å². The minimum atomic E-state index is 0.554. The summed E-state index contributed by atoms with van der Waals surface area (Å²) in [5, 5.41) is 0. The molecule has 0 amide bonds. The van der Waals surface area contributed by atoms with Crippen LogP contribution in [0.15, 0.2) is 30.3 Å². The van der Waals surface area contributed by atoms with E-state index in [1.165, 1.54) is 12.1 Å². The van der Waals surface area contributed by atoms with E-state index >= 15 is 0 Å². The van der Waals surface area contributed by atoms with Gasteiger partial charge in [-0.15, -0.1) is 0 Å². The molecule has 0 radical (unpaired) electrons. The third-order valence-electron chi connectivity index (χ3n) is 3.97. The summed E-state index contributed by atoms with van der Waals surface area (Å²) in [4.78, 5) is 5.04. The number of nitrogens with zero attached hydrogens (tertiary/aromatic N) is 2. The first-order valence-electron chi connectivity index (χ1n) is 7.45. The summed E-state index contributed by atoms with van der Waals surface area (Å²) in [7, 11) is 0. The molecule has 1 saturated heterocycles. The molecule has 1 unspecified atom stereocenters. The lowest BCUT2D eigenvalue weighted by Gasteiger charge is -2.40. The molecule has 0 aromatic heterocycles. The predicted octanol–water partition coefficient (Wildman–Crippen LogP) is 2.18. The molecule has 3 nitrogen and oxygen atoms in total. The first-order valence-corrected chi connectivity index (χ1v) is 7.45. The second kappa shape index (κ2) is 6.92. The van der Waals surface area contributed by atoms with Crippen LogP contribution in [0.1, 0.15) is 20.3 Å². The second-order valence-corrected chi connectivity index (χ2v) is 5.88. The van der Waals surface area contributed by atoms with Gasteiger partial charge in [0.2, 0.25) is 0 Å². The fraction of sp³-hybridized carbons (Fsp3) is 0.625. The Morgan fingerprint density at radius 1 is 1.05 bits per heavy atom. The molecule has 0 saturated carbocycles. The van der Waals surface area contributed by atoms with Crippen LogP contribution in [0, 0.1) is 5.92 Å². The third kappa shape index (κ3) is 3.95. The molecule has 1 fully saturated rings. The minimum Gasteiger partial charge on any atom is -0.369 e. The maximum absolute atomic E-state index is 5.94. The molecule has 3 heteroatoms. The zero-order valence-corrected chi connectivity index (χ0v) is 12.3. The number of para-hydroxylation sites is 1. The summed E-state index contributed by atoms with van der Waals surface area (Å²) in [6, 6.07) is 11.3. The van der Waals surface area contributed by atoms with Gasteiger partial charge in [-0.2, -0.15) is 0 Å². The lowest BCUT2D eigenvalue weighted by molar-refractivity contribution is 0.168. The van der Waals surface area contributed by atoms with Gasteiger partial charge in [-0.05, 0) is 24.5 Å². The number of nitrogens with two attached hydrogens (primary N) is 1. The number of hydrogen-bond donors (Lipinski definition) is 1. The van der Waals surface area contributed by atoms with Crippen LogP contribution in [0.25, 0.3) is 0 Å². The molecule has 0 bridgehead atoms. The van der Waals surface area contributed by atoms with E-state index in [4.69, 9.17) is 5.73 Å². The highest BCUT2D eigenvalue weighted by atomic mass is 15.3. The summed E-state index contributed by atoms with van der Waals surface area (Å²) in [6.45, 7) is 9.82. The molecule has 1 aliphatic heterocycles. The van der Waals surface area contributed by atoms with Crippen molar-refractivity contribution in [2.45, 2.75) is 26.3 Å². The highest BCUT2D eigenvalue weighted by Crippen LogP contribution is 2.18. The molecular weight excluding hydrogens is 234 g/mol. The zero-order chi connectivity index (χ0) is 13.7. The van der Waals surface area contributed by atoms with Gasteiger partial charge in [0.15, 0.2) is 0 Å². The molecule has 1 aromatic rings. The SMILES string of the molecule is CC(C)CC(CN)N1CCN(c2ccccc2)CC1. The van der Waals surface area contributed by atoms with E-state index in [2.05, 4.69) is 54.0 Å². The van der Waals surface area contributed by atoms with Gasteiger partial charge in [0, 0.05) is 44.5 Å². The lowest BCUT2D eigenvalue weighted by atomic mass is 10.0. The van der Waals surface area contributed by atoms with Crippen molar-refractivity contribution in [3.05, 3.63) is 30.3 Å². The standard InChI is InChI=1S/C16H27N3/c1-14(2)12-16(13-17)19-10-8-18(9-11-19)15-6-4-3-5-7-15/h3-7,14,16H,8-13,17H2,1-2H3. The Morgan fingerprint density at radius 2 is 1.68 bits per heavy atom. The van der Waals surface area contributed by atoms with E-state index in [-0.39, 0.29) is 0 Å². The molecule has 19 heavy (non-hydrogen) atoms. The van der Waals surface area contributed by atoms with Crippen LogP contribution < -0.4 is 10.6 Å². The topological polar surface area (TPSA) is 32.5 Å². The van der Waals surface area contributed by atoms with E-state index in [0.717, 1.165) is 38.6 Å². The van der Waals surface area contributed by atoms with Gasteiger partial charge < -0.3 is 10.6 Å². The summed E-state index contributed by atoms with van der Waals surface area (Å²) >= 11 is 0. The maximum Gasteiger partial charge on any atom is 0.0367 e. The van der Waals surface area contributed by atoms with Crippen LogP contribution in [-0.4, -0.2) is 43.7 Å². The van der Waals surface area contributed by atoms with E-state index < -0.39 is 0 Å². The Balaban J connectivity index is 1.88. The predicted molar refractivity (Wildman–Crippen MR) is 82.5 cm³/mol. The highest BCUT2D eigenvalue weighted by molar-refractivity contribution is 5.46. The molecule has 0 aliphatic carbocycles. The van der Waals surface area contributed by atoms with Crippen molar-refractivity contribution in [3.63, 3.8) is 0 Å². The third-order valence-corrected chi connectivity index (χ3v) is 3.97. The minimum absolute atomic E-state index is 0.554. The molecule has 2 rings (SSSR count). The fourth-order valence-electron chi connectivity index (χ4n) is 2.92. The molecule has 1 aromatic carbocycles. The van der Waals surface area contributed by atoms with Gasteiger partial charge in [-0.3, -0.25) is 4.90 Å². The first-order chi connectivity index (χ1) is 9.20. The van der Waals surface area contributed by atoms with Crippen LogP contribution in [0.4, 0.5) is 5.69 Å². The largest absolute Gasteiger partial charge is 0.369 e. The van der Waals surface area contributed by atoms with Gasteiger partial charge >= 0.3 is 0 Å². The average molecular weight is 261 g/mol. The lowest BCUT2D eigenvalue weighted by Crippen LogP contribution is -2.52. The van der Waals surface area contributed by atoms with Crippen molar-refractivity contribution in [1.29, 1.82) is 0 Å². The van der Waals surface area contributed by atoms with Crippen LogP contribution in [-0.2, 0) is 0 Å². The summed E-state index contributed by atoms with van der Waals surface area (Å²) in [5.74, 6) is 0.723. The Labute approximate surface area is 117 Å². The fourth-order valence-corrected chi connectivity index (χ4v) is 2.92. The van der Waals surface area contributed by atoms with Crippen molar-refractivity contribution in [3.8, 4) is 0 Å². The second-order valence-electron chi connectivity index (χ2n) is 5.88. The maximum atomic E-state index is 5.94. The summed E-state index contributed by atoms with van der Waals surface area (Å²) in [6.07, 6.45) is 1.21. The Kier molecular flexibility index (Phi) is 5.23. The van der Waals surface area contributed by atoms with Crippen molar-refractivity contribution in [2.24, 2.45) is 11.7 Å². The molecule has 106 valence electrons. The van der Waals surface area contributed by atoms with Gasteiger partial charge in [0.05, 0.1) is 0 Å². The number of rotatable bonds is 5. The zero-order valence-electron chi connectivity index (χ0n) is 12.3. The van der Waals surface area contributed by atoms with E-state index in [0.29, 0.717) is 6.04 Å². The molecule has 1 atom stereocenters. The van der Waals surface area contributed by atoms with E-state index in [1.54, 1.807) is 0 Å². The number of piperazine rings is 1. The number of benzene rings is 1. The van der Waals surface area contributed by atoms with Gasteiger partial charge in [-0.25, -0.2) is 0 Å². The number of anilines is 1. The van der Waals surface area contributed by atoms with E-state index in [9.17, 15) is 0 Å². The smallest absolute Gasteiger partial charge is 0.0367 e. The van der Waals surface area contributed by atoms with Crippen molar-refractivity contribution in [2.75, 3.05) is 37.6 Å². The van der Waals surface area contributed by atoms with Gasteiger partial charge in [0.25, 0.3) is 0 Å². The molecular formula is C16H27N3. The van der Waals surface area contributed by atoms with Crippen molar-refractivity contribution in [1.82, 2.24) is 4.90 Å². The van der Waals surface area contributed by atoms with Crippen LogP contribution in [0.5, 0.6) is 0 Å². The van der Waals surface area contributed by atoms with Crippen LogP contribution in [0.2, 0.25) is 0 Å². The Morgan fingerprint density at radius 3 is 2.21 bits per heavy atom. The normalized spacial score (nSPS) is 18.8. The summed E-state index contributed by atoms with van der Waals surface area (Å²) in [5.41, 5.74) is 7.29. The van der Waals surface area contributed by atoms with Gasteiger partial charge in [0.1, 0.15) is 0 Å². The molecule has 1 heterocycles.